The number of nitro benzene ring substituents is 1. The molecule has 0 N–H and O–H groups in total. The summed E-state index contributed by atoms with van der Waals surface area (Å²) >= 11 is 14.9. The Morgan fingerprint density at radius 3 is 2.35 bits per heavy atom. The second kappa shape index (κ2) is 6.43. The summed E-state index contributed by atoms with van der Waals surface area (Å²) < 4.78 is 5.60. The molecule has 0 spiro atoms. The molecule has 0 atom stereocenters. The van der Waals surface area contributed by atoms with Gasteiger partial charge in [-0.25, -0.2) is 0 Å². The lowest BCUT2D eigenvalue weighted by atomic mass is 10.2. The molecular formula is C13H8BrCl2NO3. The van der Waals surface area contributed by atoms with E-state index in [1.165, 1.54) is 12.1 Å². The maximum Gasteiger partial charge on any atom is 0.273 e. The normalized spacial score (nSPS) is 10.3. The Labute approximate surface area is 133 Å². The molecule has 0 radical (unpaired) electrons. The molecule has 2 aromatic rings. The Balaban J connectivity index is 2.29. The van der Waals surface area contributed by atoms with E-state index in [1.54, 1.807) is 24.3 Å². The quantitative estimate of drug-likeness (QED) is 0.397. The average Bonchev–Trinajstić information content (AvgIpc) is 2.42. The molecule has 0 aromatic heterocycles. The predicted octanol–water partition coefficient (Wildman–Crippen LogP) is 5.59. The van der Waals surface area contributed by atoms with Crippen LogP contribution >= 0.6 is 39.1 Å². The van der Waals surface area contributed by atoms with Crippen LogP contribution in [0.5, 0.6) is 11.5 Å². The van der Waals surface area contributed by atoms with Gasteiger partial charge in [-0.15, -0.1) is 0 Å². The van der Waals surface area contributed by atoms with Crippen molar-refractivity contribution in [1.29, 1.82) is 0 Å². The van der Waals surface area contributed by atoms with Gasteiger partial charge in [-0.2, -0.15) is 0 Å². The van der Waals surface area contributed by atoms with Crippen molar-refractivity contribution in [2.24, 2.45) is 0 Å². The zero-order chi connectivity index (χ0) is 14.7. The maximum atomic E-state index is 10.8. The summed E-state index contributed by atoms with van der Waals surface area (Å²) in [6, 6.07) is 9.42. The fourth-order valence-electron chi connectivity index (χ4n) is 1.59. The summed E-state index contributed by atoms with van der Waals surface area (Å²) in [6.07, 6.45) is 0. The Bertz CT molecular complexity index is 664. The van der Waals surface area contributed by atoms with E-state index in [0.29, 0.717) is 32.4 Å². The molecule has 0 saturated carbocycles. The highest BCUT2D eigenvalue weighted by atomic mass is 79.9. The minimum atomic E-state index is -0.431. The highest BCUT2D eigenvalue weighted by Gasteiger charge is 2.14. The van der Waals surface area contributed by atoms with Gasteiger partial charge in [-0.3, -0.25) is 10.1 Å². The van der Waals surface area contributed by atoms with Gasteiger partial charge in [-0.1, -0.05) is 39.1 Å². The van der Waals surface area contributed by atoms with Gasteiger partial charge in [0.25, 0.3) is 5.69 Å². The molecule has 0 aliphatic carbocycles. The molecule has 0 aliphatic rings. The lowest BCUT2D eigenvalue weighted by Gasteiger charge is -2.08. The average molecular weight is 377 g/mol. The molecule has 4 nitrogen and oxygen atoms in total. The van der Waals surface area contributed by atoms with Gasteiger partial charge >= 0.3 is 0 Å². The number of alkyl halides is 1. The van der Waals surface area contributed by atoms with Crippen LogP contribution in [0.25, 0.3) is 0 Å². The SMILES string of the molecule is O=[N+]([O-])c1ccc(Oc2ccc(Cl)c(Cl)c2)cc1CBr. The first kappa shape index (κ1) is 15.1. The molecule has 104 valence electrons. The van der Waals surface area contributed by atoms with E-state index in [2.05, 4.69) is 15.9 Å². The Hall–Kier alpha value is -1.30. The summed E-state index contributed by atoms with van der Waals surface area (Å²) in [6.45, 7) is 0. The van der Waals surface area contributed by atoms with Crippen LogP contribution in [-0.4, -0.2) is 4.92 Å². The van der Waals surface area contributed by atoms with Crippen molar-refractivity contribution in [1.82, 2.24) is 0 Å². The van der Waals surface area contributed by atoms with E-state index in [9.17, 15) is 10.1 Å². The minimum absolute atomic E-state index is 0.0448. The summed E-state index contributed by atoms with van der Waals surface area (Å²) in [4.78, 5) is 10.4. The highest BCUT2D eigenvalue weighted by molar-refractivity contribution is 9.08. The highest BCUT2D eigenvalue weighted by Crippen LogP contribution is 2.32. The third-order valence-corrected chi connectivity index (χ3v) is 3.86. The van der Waals surface area contributed by atoms with Crippen LogP contribution in [0, 0.1) is 10.1 Å². The molecule has 0 saturated heterocycles. The molecule has 0 unspecified atom stereocenters. The molecule has 0 amide bonds. The number of nitrogens with zero attached hydrogens (tertiary/aromatic N) is 1. The van der Waals surface area contributed by atoms with Gasteiger partial charge in [0.2, 0.25) is 0 Å². The smallest absolute Gasteiger partial charge is 0.273 e. The lowest BCUT2D eigenvalue weighted by Crippen LogP contribution is -1.94. The van der Waals surface area contributed by atoms with E-state index in [-0.39, 0.29) is 5.69 Å². The van der Waals surface area contributed by atoms with Crippen molar-refractivity contribution in [2.75, 3.05) is 0 Å². The standard InChI is InChI=1S/C13H8BrCl2NO3/c14-7-8-5-9(2-4-13(8)17(18)19)20-10-1-3-11(15)12(16)6-10/h1-6H,7H2. The topological polar surface area (TPSA) is 52.4 Å². The summed E-state index contributed by atoms with van der Waals surface area (Å²) in [5, 5.41) is 12.0. The lowest BCUT2D eigenvalue weighted by molar-refractivity contribution is -0.385. The molecule has 2 rings (SSSR count). The van der Waals surface area contributed by atoms with E-state index in [4.69, 9.17) is 27.9 Å². The number of hydrogen-bond acceptors (Lipinski definition) is 3. The van der Waals surface area contributed by atoms with Crippen molar-refractivity contribution < 1.29 is 9.66 Å². The van der Waals surface area contributed by atoms with Crippen molar-refractivity contribution in [3.8, 4) is 11.5 Å². The monoisotopic (exact) mass is 375 g/mol. The number of hydrogen-bond donors (Lipinski definition) is 0. The third-order valence-electron chi connectivity index (χ3n) is 2.52. The van der Waals surface area contributed by atoms with Crippen molar-refractivity contribution in [2.45, 2.75) is 5.33 Å². The van der Waals surface area contributed by atoms with Gasteiger partial charge in [0.1, 0.15) is 11.5 Å². The first-order valence-electron chi connectivity index (χ1n) is 5.47. The van der Waals surface area contributed by atoms with Crippen LogP contribution in [0.4, 0.5) is 5.69 Å². The van der Waals surface area contributed by atoms with Crippen LogP contribution in [-0.2, 0) is 5.33 Å². The van der Waals surface area contributed by atoms with Gasteiger partial charge < -0.3 is 4.74 Å². The van der Waals surface area contributed by atoms with Gasteiger partial charge in [0, 0.05) is 23.0 Å². The molecule has 20 heavy (non-hydrogen) atoms. The number of rotatable bonds is 4. The summed E-state index contributed by atoms with van der Waals surface area (Å²) in [5.41, 5.74) is 0.580. The fraction of sp³-hybridized carbons (Fsp3) is 0.0769. The summed E-state index contributed by atoms with van der Waals surface area (Å²) in [5.74, 6) is 0.997. The second-order valence-corrected chi connectivity index (χ2v) is 5.23. The van der Waals surface area contributed by atoms with Crippen LogP contribution < -0.4 is 4.74 Å². The minimum Gasteiger partial charge on any atom is -0.457 e. The maximum absolute atomic E-state index is 10.8. The zero-order valence-corrected chi connectivity index (χ0v) is 13.1. The van der Waals surface area contributed by atoms with Gasteiger partial charge in [0.05, 0.1) is 15.0 Å². The Kier molecular flexibility index (Phi) is 4.86. The van der Waals surface area contributed by atoms with Gasteiger partial charge in [-0.05, 0) is 24.3 Å². The predicted molar refractivity (Wildman–Crippen MR) is 82.3 cm³/mol. The molecule has 7 heteroatoms. The second-order valence-electron chi connectivity index (χ2n) is 3.86. The first-order chi connectivity index (χ1) is 9.51. The molecule has 0 fully saturated rings. The van der Waals surface area contributed by atoms with Crippen LogP contribution in [0.2, 0.25) is 10.0 Å². The summed E-state index contributed by atoms with van der Waals surface area (Å²) in [7, 11) is 0. The largest absolute Gasteiger partial charge is 0.457 e. The third kappa shape index (κ3) is 3.42. The van der Waals surface area contributed by atoms with E-state index < -0.39 is 4.92 Å². The van der Waals surface area contributed by atoms with Crippen LogP contribution in [0.15, 0.2) is 36.4 Å². The number of halogens is 3. The first-order valence-corrected chi connectivity index (χ1v) is 7.35. The fourth-order valence-corrected chi connectivity index (χ4v) is 2.32. The van der Waals surface area contributed by atoms with Crippen molar-refractivity contribution in [3.05, 3.63) is 62.1 Å². The van der Waals surface area contributed by atoms with Crippen molar-refractivity contribution >= 4 is 44.8 Å². The van der Waals surface area contributed by atoms with Crippen LogP contribution in [0.1, 0.15) is 5.56 Å². The van der Waals surface area contributed by atoms with Gasteiger partial charge in [0.15, 0.2) is 0 Å². The molecule has 2 aromatic carbocycles. The molecular weight excluding hydrogens is 369 g/mol. The molecule has 0 bridgehead atoms. The zero-order valence-electron chi connectivity index (χ0n) is 9.98. The molecule has 0 heterocycles. The van der Waals surface area contributed by atoms with E-state index >= 15 is 0 Å². The van der Waals surface area contributed by atoms with Crippen molar-refractivity contribution in [3.63, 3.8) is 0 Å². The Morgan fingerprint density at radius 1 is 1.10 bits per heavy atom. The van der Waals surface area contributed by atoms with E-state index in [1.807, 2.05) is 0 Å². The number of ether oxygens (including phenoxy) is 1. The number of nitro groups is 1. The number of benzene rings is 2. The van der Waals surface area contributed by atoms with Crippen LogP contribution in [0.3, 0.4) is 0 Å². The molecule has 0 aliphatic heterocycles. The van der Waals surface area contributed by atoms with E-state index in [0.717, 1.165) is 0 Å². The Morgan fingerprint density at radius 2 is 1.75 bits per heavy atom.